The molecule has 88 valence electrons. The third kappa shape index (κ3) is 2.54. The zero-order valence-corrected chi connectivity index (χ0v) is 8.55. The second-order valence-electron chi connectivity index (χ2n) is 3.75. The third-order valence-electron chi connectivity index (χ3n) is 2.54. The Morgan fingerprint density at radius 2 is 1.94 bits per heavy atom. The Hall–Kier alpha value is -1.07. The van der Waals surface area contributed by atoms with E-state index in [2.05, 4.69) is 5.32 Å². The molecule has 1 saturated heterocycles. The number of hydrogen-bond acceptors (Lipinski definition) is 2. The van der Waals surface area contributed by atoms with E-state index >= 15 is 0 Å². The summed E-state index contributed by atoms with van der Waals surface area (Å²) >= 11 is 0. The first-order valence-electron chi connectivity index (χ1n) is 5.05. The predicted molar refractivity (Wildman–Crippen MR) is 52.9 cm³/mol. The van der Waals surface area contributed by atoms with Gasteiger partial charge in [-0.3, -0.25) is 0 Å². The van der Waals surface area contributed by atoms with Crippen molar-refractivity contribution in [2.24, 2.45) is 0 Å². The van der Waals surface area contributed by atoms with Gasteiger partial charge in [0.2, 0.25) is 0 Å². The molecule has 1 aromatic carbocycles. The molecule has 0 saturated carbocycles. The lowest BCUT2D eigenvalue weighted by molar-refractivity contribution is -0.139. The van der Waals surface area contributed by atoms with E-state index in [0.717, 1.165) is 6.07 Å². The molecule has 16 heavy (non-hydrogen) atoms. The first-order valence-corrected chi connectivity index (χ1v) is 5.05. The first-order chi connectivity index (χ1) is 7.57. The lowest BCUT2D eigenvalue weighted by atomic mass is 10.1. The summed E-state index contributed by atoms with van der Waals surface area (Å²) in [6, 6.07) is 5.51. The fourth-order valence-electron chi connectivity index (χ4n) is 1.51. The van der Waals surface area contributed by atoms with Crippen molar-refractivity contribution >= 4 is 0 Å². The Balaban J connectivity index is 2.06. The van der Waals surface area contributed by atoms with Gasteiger partial charge in [-0.05, 0) is 11.6 Å². The van der Waals surface area contributed by atoms with Gasteiger partial charge >= 0.3 is 6.18 Å². The number of rotatable bonds is 3. The molecule has 1 aliphatic heterocycles. The fourth-order valence-corrected chi connectivity index (χ4v) is 1.51. The Morgan fingerprint density at radius 3 is 2.50 bits per heavy atom. The molecule has 0 spiro atoms. The van der Waals surface area contributed by atoms with Crippen LogP contribution in [0.25, 0.3) is 0 Å². The summed E-state index contributed by atoms with van der Waals surface area (Å²) in [4.78, 5) is 0. The molecule has 1 heterocycles. The number of ether oxygens (including phenoxy) is 1. The van der Waals surface area contributed by atoms with Gasteiger partial charge in [0, 0.05) is 13.1 Å². The lowest BCUT2D eigenvalue weighted by Crippen LogP contribution is -2.48. The second kappa shape index (κ2) is 4.43. The summed E-state index contributed by atoms with van der Waals surface area (Å²) in [5.41, 5.74) is -0.413. The van der Waals surface area contributed by atoms with E-state index in [9.17, 15) is 13.2 Å². The molecule has 0 radical (unpaired) electrons. The van der Waals surface area contributed by atoms with E-state index < -0.39 is 11.7 Å². The maximum absolute atomic E-state index is 12.6. The van der Waals surface area contributed by atoms with Crippen molar-refractivity contribution in [2.45, 2.75) is 18.9 Å². The third-order valence-corrected chi connectivity index (χ3v) is 2.54. The predicted octanol–water partition coefficient (Wildman–Crippen LogP) is 2.19. The summed E-state index contributed by atoms with van der Waals surface area (Å²) in [7, 11) is 0. The van der Waals surface area contributed by atoms with Crippen LogP contribution in [-0.4, -0.2) is 19.2 Å². The SMILES string of the molecule is FC(F)(F)c1ccccc1COC1CNC1. The van der Waals surface area contributed by atoms with Gasteiger partial charge in [-0.2, -0.15) is 13.2 Å². The van der Waals surface area contributed by atoms with E-state index in [1.54, 1.807) is 6.07 Å². The summed E-state index contributed by atoms with van der Waals surface area (Å²) in [6.45, 7) is 1.45. The van der Waals surface area contributed by atoms with Crippen molar-refractivity contribution in [1.29, 1.82) is 0 Å². The van der Waals surface area contributed by atoms with Crippen LogP contribution in [0.15, 0.2) is 24.3 Å². The molecular formula is C11H12F3NO. The van der Waals surface area contributed by atoms with Crippen molar-refractivity contribution in [2.75, 3.05) is 13.1 Å². The summed E-state index contributed by atoms with van der Waals surface area (Å²) in [5, 5.41) is 3.00. The summed E-state index contributed by atoms with van der Waals surface area (Å²) < 4.78 is 43.1. The molecular weight excluding hydrogens is 219 g/mol. The molecule has 2 rings (SSSR count). The molecule has 1 N–H and O–H groups in total. The highest BCUT2D eigenvalue weighted by molar-refractivity contribution is 5.29. The molecule has 0 aliphatic carbocycles. The van der Waals surface area contributed by atoms with Crippen molar-refractivity contribution in [3.8, 4) is 0 Å². The molecule has 1 aromatic rings. The minimum Gasteiger partial charge on any atom is -0.371 e. The van der Waals surface area contributed by atoms with Gasteiger partial charge in [0.15, 0.2) is 0 Å². The highest BCUT2D eigenvalue weighted by Gasteiger charge is 2.33. The first kappa shape index (κ1) is 11.4. The highest BCUT2D eigenvalue weighted by Crippen LogP contribution is 2.32. The quantitative estimate of drug-likeness (QED) is 0.861. The van der Waals surface area contributed by atoms with Gasteiger partial charge in [-0.25, -0.2) is 0 Å². The van der Waals surface area contributed by atoms with E-state index in [-0.39, 0.29) is 18.3 Å². The largest absolute Gasteiger partial charge is 0.416 e. The van der Waals surface area contributed by atoms with E-state index in [4.69, 9.17) is 4.74 Å². The van der Waals surface area contributed by atoms with Gasteiger partial charge in [0.25, 0.3) is 0 Å². The highest BCUT2D eigenvalue weighted by atomic mass is 19.4. The Labute approximate surface area is 91.4 Å². The Bertz CT molecular complexity index is 360. The minimum absolute atomic E-state index is 0.0159. The molecule has 0 bridgehead atoms. The van der Waals surface area contributed by atoms with Gasteiger partial charge in [0.1, 0.15) is 0 Å². The van der Waals surface area contributed by atoms with Crippen molar-refractivity contribution < 1.29 is 17.9 Å². The van der Waals surface area contributed by atoms with E-state index in [1.807, 2.05) is 0 Å². The average molecular weight is 231 g/mol. The van der Waals surface area contributed by atoms with Crippen molar-refractivity contribution in [3.05, 3.63) is 35.4 Å². The second-order valence-corrected chi connectivity index (χ2v) is 3.75. The van der Waals surface area contributed by atoms with Gasteiger partial charge < -0.3 is 10.1 Å². The zero-order valence-electron chi connectivity index (χ0n) is 8.55. The van der Waals surface area contributed by atoms with Gasteiger partial charge in [-0.15, -0.1) is 0 Å². The standard InChI is InChI=1S/C11H12F3NO/c12-11(13,14)10-4-2-1-3-8(10)7-16-9-5-15-6-9/h1-4,9,15H,5-7H2. The zero-order chi connectivity index (χ0) is 11.6. The molecule has 0 amide bonds. The maximum atomic E-state index is 12.6. The maximum Gasteiger partial charge on any atom is 0.416 e. The average Bonchev–Trinajstić information content (AvgIpc) is 2.14. The van der Waals surface area contributed by atoms with Crippen LogP contribution in [0, 0.1) is 0 Å². The molecule has 2 nitrogen and oxygen atoms in total. The van der Waals surface area contributed by atoms with Crippen LogP contribution in [0.1, 0.15) is 11.1 Å². The van der Waals surface area contributed by atoms with E-state index in [1.165, 1.54) is 12.1 Å². The van der Waals surface area contributed by atoms with Gasteiger partial charge in [-0.1, -0.05) is 18.2 Å². The summed E-state index contributed by atoms with van der Waals surface area (Å²) in [5.74, 6) is 0. The van der Waals surface area contributed by atoms with Crippen molar-refractivity contribution in [1.82, 2.24) is 5.32 Å². The minimum atomic E-state index is -4.31. The summed E-state index contributed by atoms with van der Waals surface area (Å²) in [6.07, 6.45) is -4.26. The molecule has 1 fully saturated rings. The van der Waals surface area contributed by atoms with Crippen LogP contribution in [0.2, 0.25) is 0 Å². The van der Waals surface area contributed by atoms with E-state index in [0.29, 0.717) is 13.1 Å². The molecule has 1 aliphatic rings. The number of alkyl halides is 3. The van der Waals surface area contributed by atoms with Crippen LogP contribution < -0.4 is 5.32 Å². The smallest absolute Gasteiger partial charge is 0.371 e. The number of halogens is 3. The van der Waals surface area contributed by atoms with Crippen LogP contribution >= 0.6 is 0 Å². The monoisotopic (exact) mass is 231 g/mol. The number of nitrogens with one attached hydrogen (secondary N) is 1. The Kier molecular flexibility index (Phi) is 3.16. The van der Waals surface area contributed by atoms with Crippen LogP contribution in [-0.2, 0) is 17.5 Å². The normalized spacial score (nSPS) is 17.2. The van der Waals surface area contributed by atoms with Gasteiger partial charge in [0.05, 0.1) is 18.3 Å². The van der Waals surface area contributed by atoms with Crippen LogP contribution in [0.3, 0.4) is 0 Å². The number of benzene rings is 1. The van der Waals surface area contributed by atoms with Crippen LogP contribution in [0.5, 0.6) is 0 Å². The topological polar surface area (TPSA) is 21.3 Å². The van der Waals surface area contributed by atoms with Crippen LogP contribution in [0.4, 0.5) is 13.2 Å². The lowest BCUT2D eigenvalue weighted by Gasteiger charge is -2.27. The fraction of sp³-hybridized carbons (Fsp3) is 0.455. The van der Waals surface area contributed by atoms with Crippen molar-refractivity contribution in [3.63, 3.8) is 0 Å². The molecule has 0 atom stereocenters. The molecule has 0 aromatic heterocycles. The molecule has 0 unspecified atom stereocenters. The molecule has 5 heteroatoms. The number of hydrogen-bond donors (Lipinski definition) is 1. The Morgan fingerprint density at radius 1 is 1.25 bits per heavy atom.